The van der Waals surface area contributed by atoms with Gasteiger partial charge in [-0.15, -0.1) is 13.2 Å². The predicted molar refractivity (Wildman–Crippen MR) is 174 cm³/mol. The van der Waals surface area contributed by atoms with Crippen molar-refractivity contribution in [3.8, 4) is 0 Å². The number of rotatable bonds is 18. The largest absolute Gasteiger partial charge is 0.463 e. The monoisotopic (exact) mass is 637 g/mol. The highest BCUT2D eigenvalue weighted by molar-refractivity contribution is 5.99. The third-order valence-corrected chi connectivity index (χ3v) is 9.76. The van der Waals surface area contributed by atoms with Crippen LogP contribution < -0.4 is 5.32 Å². The number of nitrogens with zero attached hydrogens (tertiary/aromatic N) is 2. The third kappa shape index (κ3) is 7.08. The van der Waals surface area contributed by atoms with Crippen LogP contribution in [-0.2, 0) is 28.7 Å². The summed E-state index contributed by atoms with van der Waals surface area (Å²) in [5, 5.41) is 13.6. The highest BCUT2D eigenvalue weighted by Crippen LogP contribution is 2.59. The first kappa shape index (κ1) is 35.4. The molecule has 3 aliphatic rings. The maximum atomic E-state index is 14.5. The number of aliphatic hydroxyl groups is 1. The van der Waals surface area contributed by atoms with Crippen LogP contribution in [0.1, 0.15) is 77.3 Å². The molecule has 0 saturated carbocycles. The highest BCUT2D eigenvalue weighted by Gasteiger charge is 2.75. The lowest BCUT2D eigenvalue weighted by atomic mass is 9.70. The van der Waals surface area contributed by atoms with E-state index >= 15 is 0 Å². The van der Waals surface area contributed by atoms with Crippen molar-refractivity contribution < 1.29 is 33.8 Å². The summed E-state index contributed by atoms with van der Waals surface area (Å²) < 4.78 is 12.2. The second-order valence-corrected chi connectivity index (χ2v) is 13.1. The number of fused-ring (bicyclic) bond motifs is 1. The molecular formula is C36H51N3O7. The van der Waals surface area contributed by atoms with Crippen LogP contribution in [0.2, 0.25) is 0 Å². The molecule has 4 rings (SSSR count). The Labute approximate surface area is 273 Å². The number of hydrogen-bond acceptors (Lipinski definition) is 7. The smallest absolute Gasteiger partial charge is 0.306 e. The number of unbranched alkanes of at least 4 members (excludes halogenated alkanes) is 2. The zero-order valence-corrected chi connectivity index (χ0v) is 27.6. The van der Waals surface area contributed by atoms with E-state index in [4.69, 9.17) is 9.47 Å². The van der Waals surface area contributed by atoms with Crippen molar-refractivity contribution in [3.63, 3.8) is 0 Å². The van der Waals surface area contributed by atoms with Crippen LogP contribution in [0.3, 0.4) is 0 Å². The molecule has 0 aliphatic carbocycles. The molecule has 46 heavy (non-hydrogen) atoms. The molecule has 1 aromatic carbocycles. The first-order chi connectivity index (χ1) is 22.1. The van der Waals surface area contributed by atoms with Gasteiger partial charge in [-0.1, -0.05) is 76.1 Å². The van der Waals surface area contributed by atoms with Gasteiger partial charge in [-0.3, -0.25) is 19.2 Å². The average molecular weight is 638 g/mol. The second kappa shape index (κ2) is 15.9. The normalized spacial score (nSPS) is 26.0. The molecule has 3 aliphatic heterocycles. The van der Waals surface area contributed by atoms with Crippen LogP contribution in [0, 0.1) is 17.8 Å². The molecule has 3 heterocycles. The Hall–Kier alpha value is -3.50. The topological polar surface area (TPSA) is 125 Å². The zero-order chi connectivity index (χ0) is 33.4. The Bertz CT molecular complexity index is 1250. The Balaban J connectivity index is 1.66. The van der Waals surface area contributed by atoms with E-state index in [0.29, 0.717) is 32.4 Å². The molecule has 2 N–H and O–H groups in total. The van der Waals surface area contributed by atoms with E-state index < -0.39 is 47.6 Å². The van der Waals surface area contributed by atoms with Crippen LogP contribution in [-0.4, -0.2) is 88.7 Å². The molecule has 1 spiro atoms. The minimum absolute atomic E-state index is 0.0742. The lowest BCUT2D eigenvalue weighted by Gasteiger charge is -2.40. The van der Waals surface area contributed by atoms with E-state index in [2.05, 4.69) is 25.4 Å². The van der Waals surface area contributed by atoms with Crippen LogP contribution >= 0.6 is 0 Å². The molecule has 10 nitrogen and oxygen atoms in total. The number of benzene rings is 1. The zero-order valence-electron chi connectivity index (χ0n) is 27.6. The van der Waals surface area contributed by atoms with Crippen LogP contribution in [0.25, 0.3) is 0 Å². The fourth-order valence-corrected chi connectivity index (χ4v) is 7.46. The van der Waals surface area contributed by atoms with Crippen LogP contribution in [0.4, 0.5) is 0 Å². The minimum Gasteiger partial charge on any atom is -0.463 e. The van der Waals surface area contributed by atoms with Gasteiger partial charge in [-0.2, -0.15) is 0 Å². The molecule has 3 fully saturated rings. The summed E-state index contributed by atoms with van der Waals surface area (Å²) >= 11 is 0. The van der Waals surface area contributed by atoms with Gasteiger partial charge in [0.2, 0.25) is 17.7 Å². The van der Waals surface area contributed by atoms with E-state index in [-0.39, 0.29) is 43.3 Å². The van der Waals surface area contributed by atoms with Crippen molar-refractivity contribution in [2.75, 3.05) is 26.3 Å². The van der Waals surface area contributed by atoms with Gasteiger partial charge in [0, 0.05) is 19.5 Å². The van der Waals surface area contributed by atoms with Gasteiger partial charge in [0.1, 0.15) is 18.2 Å². The lowest BCUT2D eigenvalue weighted by molar-refractivity contribution is -0.152. The number of aliphatic hydroxyl groups excluding tert-OH is 1. The Morgan fingerprint density at radius 3 is 2.57 bits per heavy atom. The Kier molecular flexibility index (Phi) is 12.2. The molecule has 3 amide bonds. The van der Waals surface area contributed by atoms with Crippen LogP contribution in [0.15, 0.2) is 55.6 Å². The highest BCUT2D eigenvalue weighted by atomic mass is 16.5. The van der Waals surface area contributed by atoms with Gasteiger partial charge in [0.25, 0.3) is 0 Å². The summed E-state index contributed by atoms with van der Waals surface area (Å²) in [5.74, 6) is -3.23. The molecule has 7 atom stereocenters. The van der Waals surface area contributed by atoms with E-state index in [9.17, 15) is 24.3 Å². The molecule has 0 unspecified atom stereocenters. The predicted octanol–water partition coefficient (Wildman–Crippen LogP) is 3.95. The van der Waals surface area contributed by atoms with Crippen LogP contribution in [0.5, 0.6) is 0 Å². The molecule has 2 bridgehead atoms. The molecule has 252 valence electrons. The number of likely N-dealkylation sites (tertiary alicyclic amines) is 1. The Morgan fingerprint density at radius 2 is 1.93 bits per heavy atom. The van der Waals surface area contributed by atoms with Crippen molar-refractivity contribution in [3.05, 3.63) is 61.2 Å². The van der Waals surface area contributed by atoms with Crippen molar-refractivity contribution in [1.29, 1.82) is 0 Å². The van der Waals surface area contributed by atoms with Gasteiger partial charge in [-0.05, 0) is 37.2 Å². The fourth-order valence-electron chi connectivity index (χ4n) is 7.46. The van der Waals surface area contributed by atoms with Crippen molar-refractivity contribution in [1.82, 2.24) is 15.1 Å². The second-order valence-electron chi connectivity index (χ2n) is 13.1. The van der Waals surface area contributed by atoms with E-state index in [1.54, 1.807) is 17.1 Å². The van der Waals surface area contributed by atoms with E-state index in [1.165, 1.54) is 4.90 Å². The maximum absolute atomic E-state index is 14.5. The summed E-state index contributed by atoms with van der Waals surface area (Å²) in [6.07, 6.45) is 7.20. The summed E-state index contributed by atoms with van der Waals surface area (Å²) in [7, 11) is 0. The third-order valence-electron chi connectivity index (χ3n) is 9.76. The maximum Gasteiger partial charge on any atom is 0.306 e. The SMILES string of the molecule is C=CCCC(=O)OC[C@@H](NC(=O)[C@@H]1[C@@H]2CC[C@]3(O2)[C@H](C(=O)N(CC=C)CCCCC)N([C@@H](CO)C(C)C)C(=O)[C@@H]13)c1ccccc1. The summed E-state index contributed by atoms with van der Waals surface area (Å²) in [5.41, 5.74) is -0.432. The van der Waals surface area contributed by atoms with E-state index in [0.717, 1.165) is 24.8 Å². The van der Waals surface area contributed by atoms with Gasteiger partial charge >= 0.3 is 5.97 Å². The standard InChI is InChI=1S/C36H51N3O7/c1-6-9-14-21-38(20-8-3)35(44)32-36-19-18-28(46-36)30(31(36)34(43)39(32)27(22-40)24(4)5)33(42)37-26(25-15-12-11-13-16-25)23-45-29(41)17-10-7-2/h7-8,11-13,15-16,24,26-28,30-32,40H,2-3,6,9-10,14,17-23H2,1,4-5H3,(H,37,42)/t26-,27+,28+,30-,31-,32+,36-/m1/s1. The number of nitrogens with one attached hydrogen (secondary N) is 1. The number of amides is 3. The summed E-state index contributed by atoms with van der Waals surface area (Å²) in [4.78, 5) is 58.8. The van der Waals surface area contributed by atoms with Gasteiger partial charge < -0.3 is 29.7 Å². The number of esters is 1. The van der Waals surface area contributed by atoms with E-state index in [1.807, 2.05) is 44.2 Å². The molecule has 0 radical (unpaired) electrons. The minimum atomic E-state index is -1.19. The average Bonchev–Trinajstić information content (AvgIpc) is 3.69. The Morgan fingerprint density at radius 1 is 1.20 bits per heavy atom. The van der Waals surface area contributed by atoms with Crippen molar-refractivity contribution in [2.24, 2.45) is 17.8 Å². The molecule has 3 saturated heterocycles. The first-order valence-electron chi connectivity index (χ1n) is 16.8. The summed E-state index contributed by atoms with van der Waals surface area (Å²) in [6, 6.07) is 7.00. The number of ether oxygens (including phenoxy) is 2. The number of allylic oxidation sites excluding steroid dienone is 1. The first-order valence-corrected chi connectivity index (χ1v) is 16.8. The number of hydrogen-bond donors (Lipinski definition) is 2. The van der Waals surface area contributed by atoms with Gasteiger partial charge in [-0.25, -0.2) is 0 Å². The van der Waals surface area contributed by atoms with Crippen molar-refractivity contribution in [2.45, 2.75) is 95.5 Å². The number of carbonyl (C=O) groups is 4. The summed E-state index contributed by atoms with van der Waals surface area (Å²) in [6.45, 7) is 13.9. The fraction of sp³-hybridized carbons (Fsp3) is 0.611. The molecule has 10 heteroatoms. The molecular weight excluding hydrogens is 586 g/mol. The lowest BCUT2D eigenvalue weighted by Crippen LogP contribution is -2.59. The molecule has 1 aromatic rings. The van der Waals surface area contributed by atoms with Crippen molar-refractivity contribution >= 4 is 23.7 Å². The number of carbonyl (C=O) groups excluding carboxylic acids is 4. The quantitative estimate of drug-likeness (QED) is 0.142. The molecule has 0 aromatic heterocycles. The van der Waals surface area contributed by atoms with Gasteiger partial charge in [0.15, 0.2) is 0 Å². The van der Waals surface area contributed by atoms with Gasteiger partial charge in [0.05, 0.1) is 36.6 Å².